The second kappa shape index (κ2) is 9.97. The van der Waals surface area contributed by atoms with Crippen LogP contribution in [0.3, 0.4) is 0 Å². The van der Waals surface area contributed by atoms with E-state index in [0.717, 1.165) is 22.3 Å². The van der Waals surface area contributed by atoms with Gasteiger partial charge < -0.3 is 20.5 Å². The first-order valence-electron chi connectivity index (χ1n) is 11.4. The predicted molar refractivity (Wildman–Crippen MR) is 120 cm³/mol. The number of hydrogen-bond acceptors (Lipinski definition) is 4. The maximum absolute atomic E-state index is 12.9. The molecule has 10 heteroatoms. The number of amides is 2. The third-order valence-corrected chi connectivity index (χ3v) is 6.57. The lowest BCUT2D eigenvalue weighted by atomic mass is 9.85. The maximum atomic E-state index is 12.9. The van der Waals surface area contributed by atoms with Gasteiger partial charge in [-0.15, -0.1) is 0 Å². The minimum absolute atomic E-state index is 0.0974. The maximum Gasteiger partial charge on any atom is 0.419 e. The number of benzene rings is 2. The van der Waals surface area contributed by atoms with E-state index < -0.39 is 42.1 Å². The molecule has 1 saturated carbocycles. The van der Waals surface area contributed by atoms with E-state index in [2.05, 4.69) is 5.32 Å². The van der Waals surface area contributed by atoms with Crippen LogP contribution < -0.4 is 10.6 Å². The molecular weight excluding hydrogens is 465 g/mol. The van der Waals surface area contributed by atoms with Gasteiger partial charge in [0, 0.05) is 17.9 Å². The molecule has 1 unspecified atom stereocenters. The Bertz CT molecular complexity index is 1070. The average molecular weight is 490 g/mol. The predicted octanol–water partition coefficient (Wildman–Crippen LogP) is 4.22. The lowest BCUT2D eigenvalue weighted by Crippen LogP contribution is -2.53. The van der Waals surface area contributed by atoms with Gasteiger partial charge in [-0.25, -0.2) is 9.59 Å². The number of fused-ring (bicyclic) bond motifs is 3. The zero-order valence-electron chi connectivity index (χ0n) is 18.7. The van der Waals surface area contributed by atoms with Gasteiger partial charge in [0.1, 0.15) is 6.61 Å². The molecule has 7 nitrogen and oxygen atoms in total. The molecule has 4 rings (SSSR count). The molecule has 35 heavy (non-hydrogen) atoms. The van der Waals surface area contributed by atoms with E-state index in [-0.39, 0.29) is 18.9 Å². The monoisotopic (exact) mass is 490 g/mol. The van der Waals surface area contributed by atoms with Gasteiger partial charge in [0.05, 0.1) is 0 Å². The first-order chi connectivity index (χ1) is 16.6. The van der Waals surface area contributed by atoms with E-state index in [0.29, 0.717) is 19.3 Å². The minimum Gasteiger partial charge on any atom is -0.479 e. The van der Waals surface area contributed by atoms with Crippen LogP contribution in [0.1, 0.15) is 42.7 Å². The molecule has 2 aromatic carbocycles. The second-order valence-corrected chi connectivity index (χ2v) is 8.85. The Morgan fingerprint density at radius 3 is 2.17 bits per heavy atom. The number of hydrogen-bond donors (Lipinski definition) is 3. The fraction of sp³-hybridized carbons (Fsp3) is 0.400. The summed E-state index contributed by atoms with van der Waals surface area (Å²) >= 11 is 0. The zero-order chi connectivity index (χ0) is 25.2. The minimum atomic E-state index is -5.10. The standard InChI is InChI=1S/C25H25F3N2O5/c26-25(27,28)21(23(32)33)30-22(31)14-6-5-7-15(12-14)29-24(34)35-13-20-18-10-3-1-8-16(18)17-9-2-4-11-19(17)20/h1-4,8-11,14-15,20-21H,5-7,12-13H2,(H,29,34)(H,30,31)(H,32,33)/t14-,15+,21?/m0/s1. The Morgan fingerprint density at radius 2 is 1.60 bits per heavy atom. The number of alkyl carbamates (subject to hydrolysis) is 1. The summed E-state index contributed by atoms with van der Waals surface area (Å²) in [4.78, 5) is 35.7. The number of ether oxygens (including phenoxy) is 1. The van der Waals surface area contributed by atoms with Crippen LogP contribution >= 0.6 is 0 Å². The van der Waals surface area contributed by atoms with E-state index >= 15 is 0 Å². The van der Waals surface area contributed by atoms with Gasteiger partial charge in [0.2, 0.25) is 11.9 Å². The van der Waals surface area contributed by atoms with Crippen molar-refractivity contribution in [3.63, 3.8) is 0 Å². The van der Waals surface area contributed by atoms with Crippen molar-refractivity contribution < 1.29 is 37.4 Å². The molecule has 0 bridgehead atoms. The summed E-state index contributed by atoms with van der Waals surface area (Å²) in [6.45, 7) is 0.113. The van der Waals surface area contributed by atoms with Crippen molar-refractivity contribution in [3.8, 4) is 11.1 Å². The molecule has 3 N–H and O–H groups in total. The van der Waals surface area contributed by atoms with Gasteiger partial charge in [-0.1, -0.05) is 55.0 Å². The Hall–Kier alpha value is -3.56. The number of aliphatic carboxylic acids is 1. The lowest BCUT2D eigenvalue weighted by molar-refractivity contribution is -0.182. The van der Waals surface area contributed by atoms with E-state index in [1.54, 1.807) is 5.32 Å². The number of rotatable bonds is 6. The highest BCUT2D eigenvalue weighted by Gasteiger charge is 2.47. The van der Waals surface area contributed by atoms with Gasteiger partial charge in [0.25, 0.3) is 0 Å². The van der Waals surface area contributed by atoms with Gasteiger partial charge in [0.15, 0.2) is 0 Å². The number of alkyl halides is 3. The summed E-state index contributed by atoms with van der Waals surface area (Å²) in [5, 5.41) is 13.1. The highest BCUT2D eigenvalue weighted by atomic mass is 19.4. The molecule has 2 amide bonds. The molecule has 2 aliphatic carbocycles. The van der Waals surface area contributed by atoms with Crippen LogP contribution in [0.25, 0.3) is 11.1 Å². The molecular formula is C25H25F3N2O5. The first-order valence-corrected chi connectivity index (χ1v) is 11.4. The molecule has 186 valence electrons. The topological polar surface area (TPSA) is 105 Å². The van der Waals surface area contributed by atoms with E-state index in [4.69, 9.17) is 9.84 Å². The third-order valence-electron chi connectivity index (χ3n) is 6.57. The Labute approximate surface area is 199 Å². The highest BCUT2D eigenvalue weighted by molar-refractivity contribution is 5.85. The molecule has 0 aliphatic heterocycles. The fourth-order valence-electron chi connectivity index (χ4n) is 4.91. The summed E-state index contributed by atoms with van der Waals surface area (Å²) in [5.74, 6) is -4.12. The first kappa shape index (κ1) is 24.6. The summed E-state index contributed by atoms with van der Waals surface area (Å²) in [6, 6.07) is 12.4. The zero-order valence-corrected chi connectivity index (χ0v) is 18.7. The van der Waals surface area contributed by atoms with E-state index in [1.165, 1.54) is 0 Å². The molecule has 0 saturated heterocycles. The van der Waals surface area contributed by atoms with Gasteiger partial charge in [-0.3, -0.25) is 4.79 Å². The molecule has 1 fully saturated rings. The molecule has 2 aromatic rings. The number of carboxylic acids is 1. The number of carbonyl (C=O) groups excluding carboxylic acids is 2. The van der Waals surface area contributed by atoms with Crippen LogP contribution in [0.15, 0.2) is 48.5 Å². The Morgan fingerprint density at radius 1 is 1.00 bits per heavy atom. The van der Waals surface area contributed by atoms with Crippen molar-refractivity contribution >= 4 is 18.0 Å². The quantitative estimate of drug-likeness (QED) is 0.563. The molecule has 0 heterocycles. The average Bonchev–Trinajstić information content (AvgIpc) is 3.14. The highest BCUT2D eigenvalue weighted by Crippen LogP contribution is 2.44. The summed E-state index contributed by atoms with van der Waals surface area (Å²) in [7, 11) is 0. The summed E-state index contributed by atoms with van der Waals surface area (Å²) in [5.41, 5.74) is 4.32. The van der Waals surface area contributed by atoms with Crippen molar-refractivity contribution in [2.24, 2.45) is 5.92 Å². The van der Waals surface area contributed by atoms with Gasteiger partial charge in [-0.2, -0.15) is 13.2 Å². The Balaban J connectivity index is 1.33. The lowest BCUT2D eigenvalue weighted by Gasteiger charge is -2.30. The van der Waals surface area contributed by atoms with Crippen LogP contribution in [0.4, 0.5) is 18.0 Å². The SMILES string of the molecule is O=C(N[C@@H]1CCC[C@H](C(=O)NC(C(=O)O)C(F)(F)F)C1)OCC1c2ccccc2-c2ccccc21. The van der Waals surface area contributed by atoms with Crippen LogP contribution in [-0.2, 0) is 14.3 Å². The summed E-state index contributed by atoms with van der Waals surface area (Å²) < 4.78 is 44.1. The fourth-order valence-corrected chi connectivity index (χ4v) is 4.91. The van der Waals surface area contributed by atoms with Crippen LogP contribution in [0, 0.1) is 5.92 Å². The van der Waals surface area contributed by atoms with E-state index in [9.17, 15) is 27.6 Å². The van der Waals surface area contributed by atoms with Gasteiger partial charge in [-0.05, 0) is 41.5 Å². The third kappa shape index (κ3) is 5.41. The molecule has 0 aromatic heterocycles. The normalized spacial score (nSPS) is 20.3. The smallest absolute Gasteiger partial charge is 0.419 e. The van der Waals surface area contributed by atoms with Crippen LogP contribution in [0.5, 0.6) is 0 Å². The van der Waals surface area contributed by atoms with Crippen molar-refractivity contribution in [1.82, 2.24) is 10.6 Å². The molecule has 0 radical (unpaired) electrons. The number of nitrogens with one attached hydrogen (secondary N) is 2. The molecule has 0 spiro atoms. The van der Waals surface area contributed by atoms with Crippen molar-refractivity contribution in [1.29, 1.82) is 0 Å². The van der Waals surface area contributed by atoms with Crippen LogP contribution in [0.2, 0.25) is 0 Å². The largest absolute Gasteiger partial charge is 0.479 e. The van der Waals surface area contributed by atoms with Crippen molar-refractivity contribution in [2.75, 3.05) is 6.61 Å². The number of carboxylic acid groups (broad SMARTS) is 1. The van der Waals surface area contributed by atoms with Crippen LogP contribution in [-0.4, -0.2) is 47.9 Å². The molecule has 3 atom stereocenters. The second-order valence-electron chi connectivity index (χ2n) is 8.85. The van der Waals surface area contributed by atoms with Crippen molar-refractivity contribution in [2.45, 2.75) is 49.9 Å². The summed E-state index contributed by atoms with van der Waals surface area (Å²) in [6.07, 6.45) is -4.34. The number of carbonyl (C=O) groups is 3. The number of halogens is 3. The Kier molecular flexibility index (Phi) is 7.00. The van der Waals surface area contributed by atoms with Crippen molar-refractivity contribution in [3.05, 3.63) is 59.7 Å². The molecule has 2 aliphatic rings. The van der Waals surface area contributed by atoms with E-state index in [1.807, 2.05) is 48.5 Å². The van der Waals surface area contributed by atoms with Gasteiger partial charge >= 0.3 is 18.2 Å².